The van der Waals surface area contributed by atoms with E-state index in [4.69, 9.17) is 5.73 Å². The Labute approximate surface area is 170 Å². The lowest BCUT2D eigenvalue weighted by Gasteiger charge is -2.21. The van der Waals surface area contributed by atoms with Crippen molar-refractivity contribution in [3.8, 4) is 6.07 Å². The molecule has 0 aromatic carbocycles. The first-order valence-electron chi connectivity index (χ1n) is 9.19. The van der Waals surface area contributed by atoms with Crippen LogP contribution in [0.4, 0.5) is 5.69 Å². The molecule has 28 heavy (non-hydrogen) atoms. The van der Waals surface area contributed by atoms with Gasteiger partial charge in [-0.1, -0.05) is 6.92 Å². The van der Waals surface area contributed by atoms with Gasteiger partial charge in [-0.3, -0.25) is 9.59 Å². The summed E-state index contributed by atoms with van der Waals surface area (Å²) in [6.45, 7) is 3.12. The summed E-state index contributed by atoms with van der Waals surface area (Å²) >= 11 is 3.32. The molecule has 0 spiro atoms. The van der Waals surface area contributed by atoms with E-state index in [2.05, 4.69) is 44.3 Å². The number of carbonyl (C=O) groups is 2. The van der Waals surface area contributed by atoms with Gasteiger partial charge in [0.05, 0.1) is 29.7 Å². The van der Waals surface area contributed by atoms with Crippen LogP contribution in [0, 0.1) is 22.7 Å². The first kappa shape index (κ1) is 18.7. The first-order valence-corrected chi connectivity index (χ1v) is 9.98. The summed E-state index contributed by atoms with van der Waals surface area (Å²) in [5.74, 6) is -0.501. The van der Waals surface area contributed by atoms with Crippen molar-refractivity contribution in [2.24, 2.45) is 17.1 Å². The second-order valence-electron chi connectivity index (χ2n) is 7.45. The molecule has 2 aromatic heterocycles. The van der Waals surface area contributed by atoms with Crippen LogP contribution in [0.1, 0.15) is 36.5 Å². The molecule has 9 nitrogen and oxygen atoms in total. The third-order valence-electron chi connectivity index (χ3n) is 5.68. The molecule has 1 saturated heterocycles. The van der Waals surface area contributed by atoms with Crippen LogP contribution < -0.4 is 11.1 Å². The zero-order valence-corrected chi connectivity index (χ0v) is 16.9. The van der Waals surface area contributed by atoms with E-state index >= 15 is 0 Å². The second kappa shape index (κ2) is 6.74. The van der Waals surface area contributed by atoms with Gasteiger partial charge in [-0.15, -0.1) is 0 Å². The van der Waals surface area contributed by atoms with Crippen LogP contribution >= 0.6 is 15.9 Å². The molecule has 3 N–H and O–H groups in total. The first-order chi connectivity index (χ1) is 13.4. The maximum absolute atomic E-state index is 12.8. The summed E-state index contributed by atoms with van der Waals surface area (Å²) in [6.07, 6.45) is 5.22. The predicted octanol–water partition coefficient (Wildman–Crippen LogP) is 1.54. The van der Waals surface area contributed by atoms with E-state index in [9.17, 15) is 14.9 Å². The van der Waals surface area contributed by atoms with Crippen molar-refractivity contribution in [3.63, 3.8) is 0 Å². The number of nitrogens with two attached hydrogens (primary N) is 1. The minimum Gasteiger partial charge on any atom is -0.376 e. The highest BCUT2D eigenvalue weighted by Gasteiger charge is 2.54. The van der Waals surface area contributed by atoms with E-state index in [1.165, 1.54) is 6.20 Å². The number of likely N-dealkylation sites (tertiary alicyclic amines) is 1. The van der Waals surface area contributed by atoms with Crippen molar-refractivity contribution >= 4 is 39.1 Å². The summed E-state index contributed by atoms with van der Waals surface area (Å²) in [6, 6.07) is 2.10. The van der Waals surface area contributed by atoms with Gasteiger partial charge in [-0.25, -0.2) is 9.50 Å². The number of primary amides is 1. The summed E-state index contributed by atoms with van der Waals surface area (Å²) in [4.78, 5) is 30.9. The number of nitriles is 1. The molecule has 1 aliphatic heterocycles. The van der Waals surface area contributed by atoms with E-state index in [0.29, 0.717) is 41.9 Å². The SMILES string of the molecule is CC[C@H]1CN(C(=O)C2(C#N)CC2)C[C@H]1Nc1c(C(N)=O)cnn2cc(Br)nc12. The average Bonchev–Trinajstić information content (AvgIpc) is 3.22. The minimum atomic E-state index is -0.830. The normalized spacial score (nSPS) is 22.8. The van der Waals surface area contributed by atoms with E-state index in [1.54, 1.807) is 15.6 Å². The van der Waals surface area contributed by atoms with E-state index in [-0.39, 0.29) is 23.4 Å². The Morgan fingerprint density at radius 1 is 1.46 bits per heavy atom. The monoisotopic (exact) mass is 445 g/mol. The molecular formula is C18H20BrN7O2. The fourth-order valence-corrected chi connectivity index (χ4v) is 4.20. The Bertz CT molecular complexity index is 1010. The number of rotatable bonds is 5. The van der Waals surface area contributed by atoms with Crippen molar-refractivity contribution in [3.05, 3.63) is 22.6 Å². The Morgan fingerprint density at radius 3 is 2.82 bits per heavy atom. The van der Waals surface area contributed by atoms with Crippen LogP contribution in [0.5, 0.6) is 0 Å². The van der Waals surface area contributed by atoms with E-state index in [1.807, 2.05) is 0 Å². The lowest BCUT2D eigenvalue weighted by molar-refractivity contribution is -0.134. The predicted molar refractivity (Wildman–Crippen MR) is 104 cm³/mol. The standard InChI is InChI=1S/C18H20BrN7O2/c1-2-10-6-25(17(28)18(9-20)3-4-18)7-12(10)23-14-11(15(21)27)5-22-26-8-13(19)24-16(14)26/h5,8,10,12,23H,2-4,6-7H2,1H3,(H2,21,27)/t10-,12+/m0/s1. The molecule has 2 atom stereocenters. The lowest BCUT2D eigenvalue weighted by atomic mass is 10.0. The zero-order valence-electron chi connectivity index (χ0n) is 15.4. The van der Waals surface area contributed by atoms with Crippen LogP contribution in [0.3, 0.4) is 0 Å². The molecule has 2 amide bonds. The summed E-state index contributed by atoms with van der Waals surface area (Å²) < 4.78 is 2.15. The average molecular weight is 446 g/mol. The lowest BCUT2D eigenvalue weighted by Crippen LogP contribution is -2.36. The zero-order chi connectivity index (χ0) is 20.1. The van der Waals surface area contributed by atoms with Gasteiger partial charge >= 0.3 is 0 Å². The number of carbonyl (C=O) groups excluding carboxylic acids is 2. The molecule has 1 aliphatic carbocycles. The van der Waals surface area contributed by atoms with Crippen LogP contribution in [-0.4, -0.2) is 50.4 Å². The number of hydrogen-bond donors (Lipinski definition) is 2. The highest BCUT2D eigenvalue weighted by molar-refractivity contribution is 9.10. The quantitative estimate of drug-likeness (QED) is 0.717. The number of fused-ring (bicyclic) bond motifs is 1. The van der Waals surface area contributed by atoms with Crippen LogP contribution in [0.2, 0.25) is 0 Å². The Morgan fingerprint density at radius 2 is 2.21 bits per heavy atom. The molecule has 2 aromatic rings. The van der Waals surface area contributed by atoms with Crippen LogP contribution in [0.25, 0.3) is 5.65 Å². The molecular weight excluding hydrogens is 426 g/mol. The van der Waals surface area contributed by atoms with Crippen molar-refractivity contribution in [2.45, 2.75) is 32.2 Å². The Balaban J connectivity index is 1.65. The molecule has 4 rings (SSSR count). The fourth-order valence-electron chi connectivity index (χ4n) is 3.84. The van der Waals surface area contributed by atoms with Crippen LogP contribution in [0.15, 0.2) is 17.0 Å². The fraction of sp³-hybridized carbons (Fsp3) is 0.500. The number of anilines is 1. The largest absolute Gasteiger partial charge is 0.376 e. The van der Waals surface area contributed by atoms with Crippen LogP contribution in [-0.2, 0) is 4.79 Å². The maximum Gasteiger partial charge on any atom is 0.252 e. The second-order valence-corrected chi connectivity index (χ2v) is 8.26. The third kappa shape index (κ3) is 2.99. The van der Waals surface area contributed by atoms with E-state index < -0.39 is 11.3 Å². The van der Waals surface area contributed by atoms with Crippen molar-refractivity contribution in [1.82, 2.24) is 19.5 Å². The number of amides is 2. The molecule has 1 saturated carbocycles. The van der Waals surface area contributed by atoms with Crippen molar-refractivity contribution in [2.75, 3.05) is 18.4 Å². The molecule has 2 fully saturated rings. The smallest absolute Gasteiger partial charge is 0.252 e. The number of halogens is 1. The maximum atomic E-state index is 12.8. The summed E-state index contributed by atoms with van der Waals surface area (Å²) in [5, 5.41) is 16.9. The Kier molecular flexibility index (Phi) is 4.50. The molecule has 0 bridgehead atoms. The number of nitrogens with zero attached hydrogens (tertiary/aromatic N) is 5. The number of nitrogens with one attached hydrogen (secondary N) is 1. The highest BCUT2D eigenvalue weighted by atomic mass is 79.9. The van der Waals surface area contributed by atoms with Gasteiger partial charge in [0.25, 0.3) is 5.91 Å². The molecule has 146 valence electrons. The van der Waals surface area contributed by atoms with Gasteiger partial charge in [0.1, 0.15) is 10.0 Å². The van der Waals surface area contributed by atoms with Gasteiger partial charge in [-0.2, -0.15) is 10.4 Å². The molecule has 0 radical (unpaired) electrons. The van der Waals surface area contributed by atoms with Gasteiger partial charge < -0.3 is 16.0 Å². The van der Waals surface area contributed by atoms with Gasteiger partial charge in [0.15, 0.2) is 5.65 Å². The minimum absolute atomic E-state index is 0.0804. The van der Waals surface area contributed by atoms with Gasteiger partial charge in [-0.05, 0) is 41.1 Å². The van der Waals surface area contributed by atoms with Crippen molar-refractivity contribution < 1.29 is 9.59 Å². The number of imidazole rings is 1. The van der Waals surface area contributed by atoms with Crippen molar-refractivity contribution in [1.29, 1.82) is 5.26 Å². The topological polar surface area (TPSA) is 129 Å². The highest BCUT2D eigenvalue weighted by Crippen LogP contribution is 2.47. The summed E-state index contributed by atoms with van der Waals surface area (Å²) in [5.41, 5.74) is 5.96. The van der Waals surface area contributed by atoms with Gasteiger partial charge in [0, 0.05) is 19.1 Å². The van der Waals surface area contributed by atoms with E-state index in [0.717, 1.165) is 6.42 Å². The molecule has 0 unspecified atom stereocenters. The molecule has 10 heteroatoms. The summed E-state index contributed by atoms with van der Waals surface area (Å²) in [7, 11) is 0. The Hall–Kier alpha value is -2.67. The number of aromatic nitrogens is 3. The number of hydrogen-bond acceptors (Lipinski definition) is 6. The molecule has 2 aliphatic rings. The van der Waals surface area contributed by atoms with Gasteiger partial charge in [0.2, 0.25) is 5.91 Å². The molecule has 3 heterocycles. The third-order valence-corrected chi connectivity index (χ3v) is 6.07.